The van der Waals surface area contributed by atoms with Crippen LogP contribution in [-0.4, -0.2) is 65.8 Å². The van der Waals surface area contributed by atoms with Crippen LogP contribution < -0.4 is 14.5 Å². The Morgan fingerprint density at radius 2 is 1.80 bits per heavy atom. The lowest BCUT2D eigenvalue weighted by atomic mass is 9.83. The number of imide groups is 1. The minimum absolute atomic E-state index is 0.167. The number of H-pyrrole nitrogens is 1. The van der Waals surface area contributed by atoms with Gasteiger partial charge in [0, 0.05) is 23.9 Å². The Morgan fingerprint density at radius 3 is 2.56 bits per heavy atom. The Kier molecular flexibility index (Phi) is 7.16. The maximum Gasteiger partial charge on any atom is 0.416 e. The largest absolute Gasteiger partial charge is 0.484 e. The van der Waals surface area contributed by atoms with Gasteiger partial charge in [-0.15, -0.1) is 0 Å². The van der Waals surface area contributed by atoms with Gasteiger partial charge in [0.1, 0.15) is 11.0 Å². The molecule has 0 unspecified atom stereocenters. The van der Waals surface area contributed by atoms with E-state index in [9.17, 15) is 32.3 Å². The SMILES string of the molecule is O=C(COc1cccc([C@@H]2c3sc(=O)[nH]c3S[C@H]3C(=O)N(c4cccc(C(F)(F)F)c4)C(=O)[C@@H]23)c1)N1CCOCC1. The second kappa shape index (κ2) is 10.7. The van der Waals surface area contributed by atoms with E-state index in [1.54, 1.807) is 29.2 Å². The van der Waals surface area contributed by atoms with Crippen LogP contribution >= 0.6 is 23.1 Å². The number of nitrogens with zero attached hydrogens (tertiary/aromatic N) is 2. The van der Waals surface area contributed by atoms with E-state index < -0.39 is 40.6 Å². The Bertz CT molecular complexity index is 1580. The molecule has 3 amide bonds. The number of aromatic amines is 1. The van der Waals surface area contributed by atoms with Crippen LogP contribution in [0.4, 0.5) is 18.9 Å². The van der Waals surface area contributed by atoms with Crippen LogP contribution in [0.15, 0.2) is 58.4 Å². The normalized spacial score (nSPS) is 22.5. The number of amides is 3. The van der Waals surface area contributed by atoms with Crippen LogP contribution in [-0.2, 0) is 25.3 Å². The lowest BCUT2D eigenvalue weighted by Crippen LogP contribution is -2.42. The van der Waals surface area contributed by atoms with Crippen LogP contribution in [0.25, 0.3) is 0 Å². The van der Waals surface area contributed by atoms with Gasteiger partial charge in [0.05, 0.1) is 35.4 Å². The van der Waals surface area contributed by atoms with Gasteiger partial charge < -0.3 is 19.4 Å². The molecule has 2 fully saturated rings. The zero-order valence-corrected chi connectivity index (χ0v) is 22.8. The number of aromatic nitrogens is 1. The van der Waals surface area contributed by atoms with Gasteiger partial charge in [0.25, 0.3) is 5.91 Å². The average molecular weight is 606 g/mol. The van der Waals surface area contributed by atoms with Gasteiger partial charge >= 0.3 is 11.0 Å². The molecule has 0 bridgehead atoms. The summed E-state index contributed by atoms with van der Waals surface area (Å²) in [5.41, 5.74) is -0.575. The molecule has 0 spiro atoms. The molecule has 1 N–H and O–H groups in total. The molecule has 0 radical (unpaired) electrons. The average Bonchev–Trinajstić information content (AvgIpc) is 3.45. The second-order valence-corrected chi connectivity index (χ2v) is 11.8. The lowest BCUT2D eigenvalue weighted by molar-refractivity contribution is -0.138. The molecule has 9 nitrogen and oxygen atoms in total. The zero-order chi connectivity index (χ0) is 28.9. The monoisotopic (exact) mass is 605 g/mol. The van der Waals surface area contributed by atoms with E-state index in [4.69, 9.17) is 9.47 Å². The summed E-state index contributed by atoms with van der Waals surface area (Å²) in [5.74, 6) is -2.88. The number of fused-ring (bicyclic) bond motifs is 2. The van der Waals surface area contributed by atoms with Gasteiger partial charge in [0.2, 0.25) is 11.8 Å². The van der Waals surface area contributed by atoms with Gasteiger partial charge in [0.15, 0.2) is 6.61 Å². The highest BCUT2D eigenvalue weighted by Gasteiger charge is 2.56. The third-order valence-corrected chi connectivity index (χ3v) is 9.60. The fourth-order valence-corrected chi connectivity index (χ4v) is 7.81. The number of benzene rings is 2. The van der Waals surface area contributed by atoms with Crippen LogP contribution in [0.5, 0.6) is 5.75 Å². The number of thioether (sulfide) groups is 1. The maximum absolute atomic E-state index is 13.8. The molecule has 3 aromatic rings. The molecule has 1 aromatic heterocycles. The number of hydrogen-bond donors (Lipinski definition) is 1. The van der Waals surface area contributed by atoms with E-state index in [-0.39, 0.29) is 23.1 Å². The van der Waals surface area contributed by atoms with Crippen LogP contribution in [0, 0.1) is 5.92 Å². The summed E-state index contributed by atoms with van der Waals surface area (Å²) < 4.78 is 51.2. The van der Waals surface area contributed by atoms with Crippen LogP contribution in [0.2, 0.25) is 0 Å². The number of nitrogens with one attached hydrogen (secondary N) is 1. The third kappa shape index (κ3) is 5.15. The molecule has 41 heavy (non-hydrogen) atoms. The summed E-state index contributed by atoms with van der Waals surface area (Å²) in [6.45, 7) is 1.64. The number of morpholine rings is 1. The predicted molar refractivity (Wildman–Crippen MR) is 143 cm³/mol. The summed E-state index contributed by atoms with van der Waals surface area (Å²) in [6, 6.07) is 10.8. The van der Waals surface area contributed by atoms with Crippen molar-refractivity contribution < 1.29 is 37.0 Å². The second-order valence-electron chi connectivity index (χ2n) is 9.66. The molecule has 214 valence electrons. The van der Waals surface area contributed by atoms with Crippen molar-refractivity contribution >= 4 is 46.5 Å². The molecule has 3 aliphatic heterocycles. The summed E-state index contributed by atoms with van der Waals surface area (Å²) >= 11 is 1.94. The highest BCUT2D eigenvalue weighted by atomic mass is 32.2. The first-order chi connectivity index (χ1) is 19.6. The van der Waals surface area contributed by atoms with Crippen molar-refractivity contribution in [2.24, 2.45) is 5.92 Å². The molecule has 3 aliphatic rings. The lowest BCUT2D eigenvalue weighted by Gasteiger charge is -2.30. The summed E-state index contributed by atoms with van der Waals surface area (Å²) in [5, 5.41) is -0.528. The molecule has 6 rings (SSSR count). The number of carbonyl (C=O) groups is 3. The van der Waals surface area contributed by atoms with E-state index in [1.807, 2.05) is 0 Å². The molecule has 14 heteroatoms. The number of thiazole rings is 1. The molecular formula is C27H22F3N3O6S2. The quantitative estimate of drug-likeness (QED) is 0.444. The van der Waals surface area contributed by atoms with Gasteiger partial charge in [-0.05, 0) is 35.9 Å². The molecule has 2 aromatic carbocycles. The van der Waals surface area contributed by atoms with E-state index >= 15 is 0 Å². The standard InChI is InChI=1S/C27H22F3N3O6S2/c28-27(29,30)15-4-2-5-16(12-15)33-24(35)20-19(21-23(31-26(37)41-21)40-22(20)25(33)36)14-3-1-6-17(11-14)39-13-18(34)32-7-9-38-10-8-32/h1-6,11-12,19-20,22H,7-10,13H2,(H,31,37)/t19-,20-,22+/m0/s1. The highest BCUT2D eigenvalue weighted by molar-refractivity contribution is 8.00. The van der Waals surface area contributed by atoms with Gasteiger partial charge in [-0.25, -0.2) is 4.90 Å². The summed E-state index contributed by atoms with van der Waals surface area (Å²) in [7, 11) is 0. The van der Waals surface area contributed by atoms with Crippen LogP contribution in [0.1, 0.15) is 21.9 Å². The fraction of sp³-hybridized carbons (Fsp3) is 0.333. The predicted octanol–water partition coefficient (Wildman–Crippen LogP) is 3.49. The molecule has 0 saturated carbocycles. The van der Waals surface area contributed by atoms with Gasteiger partial charge in [-0.2, -0.15) is 13.2 Å². The summed E-state index contributed by atoms with van der Waals surface area (Å²) in [6.07, 6.45) is -4.65. The number of rotatable bonds is 5. The minimum atomic E-state index is -4.65. The highest BCUT2D eigenvalue weighted by Crippen LogP contribution is 2.53. The summed E-state index contributed by atoms with van der Waals surface area (Å²) in [4.78, 5) is 57.6. The topological polar surface area (TPSA) is 109 Å². The zero-order valence-electron chi connectivity index (χ0n) is 21.2. The molecule has 3 atom stereocenters. The Hall–Kier alpha value is -3.62. The first-order valence-corrected chi connectivity index (χ1v) is 14.3. The van der Waals surface area contributed by atoms with E-state index in [1.165, 1.54) is 6.07 Å². The van der Waals surface area contributed by atoms with Gasteiger partial charge in [-0.3, -0.25) is 19.2 Å². The van der Waals surface area contributed by atoms with Crippen molar-refractivity contribution in [3.05, 3.63) is 74.2 Å². The maximum atomic E-state index is 13.8. The minimum Gasteiger partial charge on any atom is -0.484 e. The molecule has 4 heterocycles. The van der Waals surface area contributed by atoms with Crippen molar-refractivity contribution in [3.8, 4) is 5.75 Å². The van der Waals surface area contributed by atoms with Crippen LogP contribution in [0.3, 0.4) is 0 Å². The van der Waals surface area contributed by atoms with E-state index in [2.05, 4.69) is 4.98 Å². The number of anilines is 1. The Morgan fingerprint density at radius 1 is 1.05 bits per heavy atom. The van der Waals surface area contributed by atoms with Crippen molar-refractivity contribution in [3.63, 3.8) is 0 Å². The van der Waals surface area contributed by atoms with Crippen molar-refractivity contribution in [1.82, 2.24) is 9.88 Å². The number of halogens is 3. The third-order valence-electron chi connectivity index (χ3n) is 7.20. The van der Waals surface area contributed by atoms with E-state index in [0.717, 1.165) is 46.2 Å². The first-order valence-electron chi connectivity index (χ1n) is 12.6. The van der Waals surface area contributed by atoms with Crippen molar-refractivity contribution in [1.29, 1.82) is 0 Å². The molecule has 0 aliphatic carbocycles. The molecular weight excluding hydrogens is 583 g/mol. The number of ether oxygens (including phenoxy) is 2. The number of hydrogen-bond acceptors (Lipinski definition) is 8. The fourth-order valence-electron chi connectivity index (χ4n) is 5.30. The Balaban J connectivity index is 1.32. The number of alkyl halides is 3. The number of carbonyl (C=O) groups excluding carboxylic acids is 3. The smallest absolute Gasteiger partial charge is 0.416 e. The van der Waals surface area contributed by atoms with Gasteiger partial charge in [-0.1, -0.05) is 41.3 Å². The Labute approximate surface area is 239 Å². The first kappa shape index (κ1) is 27.5. The van der Waals surface area contributed by atoms with E-state index in [0.29, 0.717) is 47.5 Å². The van der Waals surface area contributed by atoms with Crippen molar-refractivity contribution in [2.45, 2.75) is 22.4 Å². The molecule has 2 saturated heterocycles. The van der Waals surface area contributed by atoms with Crippen molar-refractivity contribution in [2.75, 3.05) is 37.8 Å².